The minimum Gasteiger partial charge on any atom is -0.339 e. The molecule has 4 heteroatoms. The highest BCUT2D eigenvalue weighted by atomic mass is 16.5. The zero-order valence-electron chi connectivity index (χ0n) is 10.9. The molecule has 0 saturated heterocycles. The van der Waals surface area contributed by atoms with E-state index in [-0.39, 0.29) is 0 Å². The Labute approximate surface area is 107 Å². The number of nitrogens with one attached hydrogen (secondary N) is 1. The van der Waals surface area contributed by atoms with Crippen LogP contribution in [0, 0.1) is 6.92 Å². The van der Waals surface area contributed by atoms with E-state index in [1.165, 1.54) is 11.1 Å². The number of hydrogen-bond donors (Lipinski definition) is 1. The molecule has 18 heavy (non-hydrogen) atoms. The number of aryl methyl sites for hydroxylation is 2. The molecule has 0 radical (unpaired) electrons. The van der Waals surface area contributed by atoms with Gasteiger partial charge in [0, 0.05) is 19.5 Å². The molecule has 1 aromatic heterocycles. The molecule has 1 aromatic carbocycles. The molecule has 0 unspecified atom stereocenters. The molecule has 0 saturated carbocycles. The standard InChI is InChI=1S/C14H19N3O/c1-3-12-4-6-13(7-5-12)10-15-9-8-14-16-11(2)17-18-14/h4-7,15H,3,8-10H2,1-2H3. The maximum atomic E-state index is 5.05. The zero-order chi connectivity index (χ0) is 12.8. The SMILES string of the molecule is CCc1ccc(CNCCc2nc(C)no2)cc1. The minimum absolute atomic E-state index is 0.695. The fraction of sp³-hybridized carbons (Fsp3) is 0.429. The number of rotatable bonds is 6. The van der Waals surface area contributed by atoms with E-state index >= 15 is 0 Å². The summed E-state index contributed by atoms with van der Waals surface area (Å²) in [7, 11) is 0. The van der Waals surface area contributed by atoms with Gasteiger partial charge in [-0.3, -0.25) is 0 Å². The van der Waals surface area contributed by atoms with Crippen molar-refractivity contribution in [3.63, 3.8) is 0 Å². The molecule has 0 atom stereocenters. The summed E-state index contributed by atoms with van der Waals surface area (Å²) in [4.78, 5) is 4.16. The summed E-state index contributed by atoms with van der Waals surface area (Å²) < 4.78 is 5.05. The lowest BCUT2D eigenvalue weighted by atomic mass is 10.1. The Morgan fingerprint density at radius 1 is 1.17 bits per heavy atom. The van der Waals surface area contributed by atoms with Crippen molar-refractivity contribution in [3.8, 4) is 0 Å². The van der Waals surface area contributed by atoms with Gasteiger partial charge >= 0.3 is 0 Å². The van der Waals surface area contributed by atoms with E-state index in [2.05, 4.69) is 46.6 Å². The van der Waals surface area contributed by atoms with Gasteiger partial charge in [-0.05, 0) is 24.5 Å². The Bertz CT molecular complexity index is 476. The predicted molar refractivity (Wildman–Crippen MR) is 70.3 cm³/mol. The van der Waals surface area contributed by atoms with Gasteiger partial charge in [0.25, 0.3) is 0 Å². The summed E-state index contributed by atoms with van der Waals surface area (Å²) in [6, 6.07) is 8.70. The van der Waals surface area contributed by atoms with Crippen molar-refractivity contribution in [2.75, 3.05) is 6.54 Å². The first kappa shape index (κ1) is 12.8. The van der Waals surface area contributed by atoms with Crippen LogP contribution in [0.25, 0.3) is 0 Å². The first-order chi connectivity index (χ1) is 8.78. The molecule has 2 rings (SSSR count). The number of hydrogen-bond acceptors (Lipinski definition) is 4. The molecule has 0 bridgehead atoms. The predicted octanol–water partition coefficient (Wildman–Crippen LogP) is 2.27. The van der Waals surface area contributed by atoms with E-state index in [9.17, 15) is 0 Å². The van der Waals surface area contributed by atoms with Crippen molar-refractivity contribution >= 4 is 0 Å². The highest BCUT2D eigenvalue weighted by molar-refractivity contribution is 5.22. The minimum atomic E-state index is 0.695. The van der Waals surface area contributed by atoms with Crippen LogP contribution in [0.4, 0.5) is 0 Å². The molecule has 1 N–H and O–H groups in total. The fourth-order valence-corrected chi connectivity index (χ4v) is 1.76. The van der Waals surface area contributed by atoms with Gasteiger partial charge in [0.15, 0.2) is 5.82 Å². The maximum absolute atomic E-state index is 5.05. The van der Waals surface area contributed by atoms with Crippen LogP contribution in [0.15, 0.2) is 28.8 Å². The van der Waals surface area contributed by atoms with E-state index in [4.69, 9.17) is 4.52 Å². The monoisotopic (exact) mass is 245 g/mol. The Morgan fingerprint density at radius 2 is 1.89 bits per heavy atom. The second-order valence-electron chi connectivity index (χ2n) is 4.33. The quantitative estimate of drug-likeness (QED) is 0.793. The van der Waals surface area contributed by atoms with Gasteiger partial charge in [0.1, 0.15) is 0 Å². The average molecular weight is 245 g/mol. The summed E-state index contributed by atoms with van der Waals surface area (Å²) in [5, 5.41) is 7.13. The van der Waals surface area contributed by atoms with Gasteiger partial charge in [0.05, 0.1) is 0 Å². The van der Waals surface area contributed by atoms with Crippen molar-refractivity contribution in [2.24, 2.45) is 0 Å². The summed E-state index contributed by atoms with van der Waals surface area (Å²) in [6.07, 6.45) is 1.86. The van der Waals surface area contributed by atoms with Crippen LogP contribution >= 0.6 is 0 Å². The van der Waals surface area contributed by atoms with Crippen molar-refractivity contribution < 1.29 is 4.52 Å². The van der Waals surface area contributed by atoms with Gasteiger partial charge < -0.3 is 9.84 Å². The molecule has 0 aliphatic carbocycles. The highest BCUT2D eigenvalue weighted by Crippen LogP contribution is 2.04. The first-order valence-electron chi connectivity index (χ1n) is 6.35. The van der Waals surface area contributed by atoms with Crippen molar-refractivity contribution in [1.29, 1.82) is 0 Å². The van der Waals surface area contributed by atoms with Gasteiger partial charge in [-0.1, -0.05) is 36.3 Å². The molecule has 0 aliphatic rings. The van der Waals surface area contributed by atoms with E-state index < -0.39 is 0 Å². The topological polar surface area (TPSA) is 51.0 Å². The smallest absolute Gasteiger partial charge is 0.227 e. The van der Waals surface area contributed by atoms with Crippen molar-refractivity contribution in [2.45, 2.75) is 33.2 Å². The van der Waals surface area contributed by atoms with Gasteiger partial charge in [0.2, 0.25) is 5.89 Å². The summed E-state index contributed by atoms with van der Waals surface area (Å²) in [5.74, 6) is 1.39. The molecule has 0 fully saturated rings. The lowest BCUT2D eigenvalue weighted by Crippen LogP contribution is -2.16. The summed E-state index contributed by atoms with van der Waals surface area (Å²) in [5.41, 5.74) is 2.67. The lowest BCUT2D eigenvalue weighted by Gasteiger charge is -2.04. The fourth-order valence-electron chi connectivity index (χ4n) is 1.76. The molecule has 4 nitrogen and oxygen atoms in total. The van der Waals surface area contributed by atoms with Crippen LogP contribution < -0.4 is 5.32 Å². The third-order valence-corrected chi connectivity index (χ3v) is 2.85. The van der Waals surface area contributed by atoms with Gasteiger partial charge in [-0.15, -0.1) is 0 Å². The molecular formula is C14H19N3O. The number of nitrogens with zero attached hydrogens (tertiary/aromatic N) is 2. The third kappa shape index (κ3) is 3.67. The molecule has 1 heterocycles. The largest absolute Gasteiger partial charge is 0.339 e. The van der Waals surface area contributed by atoms with Crippen LogP contribution in [0.3, 0.4) is 0 Å². The normalized spacial score (nSPS) is 10.8. The maximum Gasteiger partial charge on any atom is 0.227 e. The van der Waals surface area contributed by atoms with E-state index in [0.29, 0.717) is 11.7 Å². The molecule has 96 valence electrons. The highest BCUT2D eigenvalue weighted by Gasteiger charge is 2.01. The summed E-state index contributed by atoms with van der Waals surface area (Å²) in [6.45, 7) is 5.71. The Kier molecular flexibility index (Phi) is 4.47. The van der Waals surface area contributed by atoms with Crippen LogP contribution in [0.5, 0.6) is 0 Å². The summed E-state index contributed by atoms with van der Waals surface area (Å²) >= 11 is 0. The molecule has 0 aliphatic heterocycles. The molecule has 2 aromatic rings. The first-order valence-corrected chi connectivity index (χ1v) is 6.35. The van der Waals surface area contributed by atoms with Gasteiger partial charge in [-0.2, -0.15) is 4.98 Å². The average Bonchev–Trinajstić information content (AvgIpc) is 2.81. The second-order valence-corrected chi connectivity index (χ2v) is 4.33. The van der Waals surface area contributed by atoms with Gasteiger partial charge in [-0.25, -0.2) is 0 Å². The molecular weight excluding hydrogens is 226 g/mol. The lowest BCUT2D eigenvalue weighted by molar-refractivity contribution is 0.372. The van der Waals surface area contributed by atoms with E-state index in [1.807, 2.05) is 6.92 Å². The number of aromatic nitrogens is 2. The molecule has 0 amide bonds. The van der Waals surface area contributed by atoms with Crippen LogP contribution in [-0.2, 0) is 19.4 Å². The van der Waals surface area contributed by atoms with E-state index in [1.54, 1.807) is 0 Å². The van der Waals surface area contributed by atoms with Crippen LogP contribution in [0.1, 0.15) is 29.8 Å². The second kappa shape index (κ2) is 6.31. The third-order valence-electron chi connectivity index (χ3n) is 2.85. The van der Waals surface area contributed by atoms with E-state index in [0.717, 1.165) is 25.9 Å². The Morgan fingerprint density at radius 3 is 2.50 bits per heavy atom. The number of benzene rings is 1. The Balaban J connectivity index is 1.71. The molecule has 0 spiro atoms. The van der Waals surface area contributed by atoms with Crippen molar-refractivity contribution in [3.05, 3.63) is 47.1 Å². The van der Waals surface area contributed by atoms with Crippen molar-refractivity contribution in [1.82, 2.24) is 15.5 Å². The van der Waals surface area contributed by atoms with Crippen LogP contribution in [0.2, 0.25) is 0 Å². The Hall–Kier alpha value is -1.68. The zero-order valence-corrected chi connectivity index (χ0v) is 10.9. The van der Waals surface area contributed by atoms with Crippen LogP contribution in [-0.4, -0.2) is 16.7 Å².